The summed E-state index contributed by atoms with van der Waals surface area (Å²) in [6, 6.07) is 2.72. The van der Waals surface area contributed by atoms with Crippen molar-refractivity contribution in [1.29, 1.82) is 0 Å². The average molecular weight is 331 g/mol. The third-order valence-corrected chi connectivity index (χ3v) is 4.33. The molecule has 0 aromatic heterocycles. The number of carboxylic acids is 1. The minimum Gasteiger partial charge on any atom is -0.481 e. The van der Waals surface area contributed by atoms with E-state index in [1.165, 1.54) is 0 Å². The van der Waals surface area contributed by atoms with Crippen molar-refractivity contribution in [2.45, 2.75) is 32.2 Å². The Hall–Kier alpha value is -1.46. The van der Waals surface area contributed by atoms with Crippen LogP contribution in [0.1, 0.15) is 24.8 Å². The molecule has 1 aliphatic rings. The number of nitrogens with one attached hydrogen (secondary N) is 2. The fourth-order valence-corrected chi connectivity index (χ4v) is 2.85. The first kappa shape index (κ1) is 15.9. The highest BCUT2D eigenvalue weighted by Gasteiger charge is 2.30. The Morgan fingerprint density at radius 3 is 2.57 bits per heavy atom. The van der Waals surface area contributed by atoms with Gasteiger partial charge in [-0.1, -0.05) is 23.2 Å². The van der Waals surface area contributed by atoms with Crippen LogP contribution in [-0.2, 0) is 4.79 Å². The van der Waals surface area contributed by atoms with Crippen molar-refractivity contribution in [1.82, 2.24) is 5.32 Å². The molecule has 1 aromatic rings. The van der Waals surface area contributed by atoms with Gasteiger partial charge in [0.15, 0.2) is 0 Å². The molecule has 0 bridgehead atoms. The van der Waals surface area contributed by atoms with Gasteiger partial charge in [-0.15, -0.1) is 0 Å². The van der Waals surface area contributed by atoms with Crippen LogP contribution in [0.15, 0.2) is 12.1 Å². The number of rotatable bonds is 3. The predicted octanol–water partition coefficient (Wildman–Crippen LogP) is 3.68. The fraction of sp³-hybridized carbons (Fsp3) is 0.429. The van der Waals surface area contributed by atoms with E-state index in [9.17, 15) is 9.59 Å². The maximum atomic E-state index is 11.9. The molecular weight excluding hydrogens is 315 g/mol. The number of hydrogen-bond donors (Lipinski definition) is 3. The summed E-state index contributed by atoms with van der Waals surface area (Å²) in [7, 11) is 0. The smallest absolute Gasteiger partial charge is 0.319 e. The molecule has 114 valence electrons. The number of benzene rings is 1. The molecule has 1 aromatic carbocycles. The lowest BCUT2D eigenvalue weighted by Gasteiger charge is -2.14. The molecule has 0 heterocycles. The second kappa shape index (κ2) is 6.54. The monoisotopic (exact) mass is 330 g/mol. The Balaban J connectivity index is 1.94. The van der Waals surface area contributed by atoms with E-state index in [0.29, 0.717) is 35.0 Å². The van der Waals surface area contributed by atoms with Crippen LogP contribution in [0.4, 0.5) is 10.5 Å². The Morgan fingerprint density at radius 2 is 1.95 bits per heavy atom. The normalized spacial score (nSPS) is 21.1. The second-order valence-electron chi connectivity index (χ2n) is 5.22. The van der Waals surface area contributed by atoms with Crippen molar-refractivity contribution in [3.63, 3.8) is 0 Å². The Kier molecular flexibility index (Phi) is 4.96. The highest BCUT2D eigenvalue weighted by molar-refractivity contribution is 6.36. The van der Waals surface area contributed by atoms with Gasteiger partial charge in [-0.25, -0.2) is 4.79 Å². The van der Waals surface area contributed by atoms with Crippen molar-refractivity contribution >= 4 is 40.9 Å². The summed E-state index contributed by atoms with van der Waals surface area (Å²) in [6.45, 7) is 1.82. The molecule has 5 nitrogen and oxygen atoms in total. The lowest BCUT2D eigenvalue weighted by atomic mass is 10.1. The number of halogens is 2. The predicted molar refractivity (Wildman–Crippen MR) is 82.1 cm³/mol. The van der Waals surface area contributed by atoms with Gasteiger partial charge in [0.1, 0.15) is 0 Å². The molecule has 21 heavy (non-hydrogen) atoms. The molecule has 3 N–H and O–H groups in total. The van der Waals surface area contributed by atoms with Gasteiger partial charge in [-0.2, -0.15) is 0 Å². The van der Waals surface area contributed by atoms with Gasteiger partial charge >= 0.3 is 12.0 Å². The maximum absolute atomic E-state index is 11.9. The van der Waals surface area contributed by atoms with Crippen LogP contribution in [-0.4, -0.2) is 23.1 Å². The van der Waals surface area contributed by atoms with Crippen molar-refractivity contribution in [2.75, 3.05) is 5.32 Å². The van der Waals surface area contributed by atoms with Crippen LogP contribution in [0.5, 0.6) is 0 Å². The number of amides is 2. The number of anilines is 1. The summed E-state index contributed by atoms with van der Waals surface area (Å²) in [5, 5.41) is 15.2. The van der Waals surface area contributed by atoms with Gasteiger partial charge in [0.25, 0.3) is 0 Å². The molecule has 0 aliphatic heterocycles. The van der Waals surface area contributed by atoms with E-state index in [0.717, 1.165) is 5.56 Å². The largest absolute Gasteiger partial charge is 0.481 e. The van der Waals surface area contributed by atoms with Crippen molar-refractivity contribution in [2.24, 2.45) is 5.92 Å². The number of carbonyl (C=O) groups is 2. The quantitative estimate of drug-likeness (QED) is 0.791. The van der Waals surface area contributed by atoms with Crippen molar-refractivity contribution in [3.05, 3.63) is 27.7 Å². The minimum absolute atomic E-state index is 0.134. The van der Waals surface area contributed by atoms with Gasteiger partial charge in [0.05, 0.1) is 16.6 Å². The Morgan fingerprint density at radius 1 is 1.24 bits per heavy atom. The standard InChI is InChI=1S/C14H16Cl2N2O3/c1-7-4-11(16)12(6-10(7)15)18-14(21)17-9-3-2-8(5-9)13(19)20/h4,6,8-9H,2-3,5H2,1H3,(H,19,20)(H2,17,18,21). The topological polar surface area (TPSA) is 78.4 Å². The minimum atomic E-state index is -0.812. The summed E-state index contributed by atoms with van der Waals surface area (Å²) in [5.74, 6) is -1.19. The number of aliphatic carboxylic acids is 1. The van der Waals surface area contributed by atoms with Crippen LogP contribution in [0.3, 0.4) is 0 Å². The number of aryl methyl sites for hydroxylation is 1. The first-order valence-electron chi connectivity index (χ1n) is 6.62. The zero-order valence-electron chi connectivity index (χ0n) is 11.5. The average Bonchev–Trinajstić information content (AvgIpc) is 2.84. The van der Waals surface area contributed by atoms with E-state index in [-0.39, 0.29) is 12.0 Å². The maximum Gasteiger partial charge on any atom is 0.319 e. The van der Waals surface area contributed by atoms with Crippen LogP contribution in [0, 0.1) is 12.8 Å². The highest BCUT2D eigenvalue weighted by Crippen LogP contribution is 2.29. The fourth-order valence-electron chi connectivity index (χ4n) is 2.42. The van der Waals surface area contributed by atoms with E-state index in [4.69, 9.17) is 28.3 Å². The highest BCUT2D eigenvalue weighted by atomic mass is 35.5. The Bertz CT molecular complexity index is 578. The third-order valence-electron chi connectivity index (χ3n) is 3.61. The summed E-state index contributed by atoms with van der Waals surface area (Å²) in [5.41, 5.74) is 1.25. The summed E-state index contributed by atoms with van der Waals surface area (Å²) < 4.78 is 0. The van der Waals surface area contributed by atoms with E-state index in [1.807, 2.05) is 6.92 Å². The summed E-state index contributed by atoms with van der Waals surface area (Å²) >= 11 is 12.0. The van der Waals surface area contributed by atoms with Crippen molar-refractivity contribution < 1.29 is 14.7 Å². The molecule has 2 unspecified atom stereocenters. The van der Waals surface area contributed by atoms with Crippen LogP contribution in [0.2, 0.25) is 10.0 Å². The van der Waals surface area contributed by atoms with Crippen LogP contribution in [0.25, 0.3) is 0 Å². The number of carbonyl (C=O) groups excluding carboxylic acids is 1. The van der Waals surface area contributed by atoms with Gasteiger partial charge in [0.2, 0.25) is 0 Å². The zero-order valence-corrected chi connectivity index (χ0v) is 13.0. The summed E-state index contributed by atoms with van der Waals surface area (Å²) in [4.78, 5) is 22.8. The van der Waals surface area contributed by atoms with Gasteiger partial charge in [-0.05, 0) is 43.9 Å². The Labute approximate surface area is 132 Å². The molecule has 2 rings (SSSR count). The first-order chi connectivity index (χ1) is 9.86. The van der Waals surface area contributed by atoms with Gasteiger partial charge < -0.3 is 15.7 Å². The van der Waals surface area contributed by atoms with Crippen molar-refractivity contribution in [3.8, 4) is 0 Å². The van der Waals surface area contributed by atoms with Gasteiger partial charge in [-0.3, -0.25) is 4.79 Å². The number of urea groups is 1. The summed E-state index contributed by atoms with van der Waals surface area (Å²) in [6.07, 6.45) is 1.69. The van der Waals surface area contributed by atoms with E-state index < -0.39 is 12.0 Å². The zero-order chi connectivity index (χ0) is 15.6. The molecule has 1 aliphatic carbocycles. The number of carboxylic acid groups (broad SMARTS) is 1. The molecule has 2 amide bonds. The van der Waals surface area contributed by atoms with Crippen LogP contribution >= 0.6 is 23.2 Å². The first-order valence-corrected chi connectivity index (χ1v) is 7.38. The molecule has 1 saturated carbocycles. The van der Waals surface area contributed by atoms with E-state index in [2.05, 4.69) is 10.6 Å². The molecule has 2 atom stereocenters. The second-order valence-corrected chi connectivity index (χ2v) is 6.04. The molecule has 0 radical (unpaired) electrons. The lowest BCUT2D eigenvalue weighted by molar-refractivity contribution is -0.141. The third kappa shape index (κ3) is 4.02. The molecule has 0 spiro atoms. The molecule has 0 saturated heterocycles. The lowest BCUT2D eigenvalue weighted by Crippen LogP contribution is -2.36. The van der Waals surface area contributed by atoms with Crippen LogP contribution < -0.4 is 10.6 Å². The molecular formula is C14H16Cl2N2O3. The van der Waals surface area contributed by atoms with Gasteiger partial charge in [0, 0.05) is 11.1 Å². The SMILES string of the molecule is Cc1cc(Cl)c(NC(=O)NC2CCC(C(=O)O)C2)cc1Cl. The van der Waals surface area contributed by atoms with E-state index >= 15 is 0 Å². The number of hydrogen-bond acceptors (Lipinski definition) is 2. The molecule has 1 fully saturated rings. The van der Waals surface area contributed by atoms with E-state index in [1.54, 1.807) is 12.1 Å². The molecule has 7 heteroatoms.